The molecule has 2 rings (SSSR count). The van der Waals surface area contributed by atoms with E-state index in [1.165, 1.54) is 19.0 Å². The summed E-state index contributed by atoms with van der Waals surface area (Å²) in [7, 11) is -3.46. The lowest BCUT2D eigenvalue weighted by Crippen LogP contribution is -2.34. The number of anilines is 1. The van der Waals surface area contributed by atoms with Gasteiger partial charge in [0.25, 0.3) is 0 Å². The summed E-state index contributed by atoms with van der Waals surface area (Å²) < 4.78 is 27.3. The van der Waals surface area contributed by atoms with Crippen LogP contribution in [0.25, 0.3) is 0 Å². The summed E-state index contributed by atoms with van der Waals surface area (Å²) in [5, 5.41) is 3.13. The zero-order chi connectivity index (χ0) is 15.3. The molecule has 0 bridgehead atoms. The Morgan fingerprint density at radius 3 is 2.57 bits per heavy atom. The third-order valence-electron chi connectivity index (χ3n) is 4.10. The average molecular weight is 311 g/mol. The van der Waals surface area contributed by atoms with Crippen LogP contribution in [0.3, 0.4) is 0 Å². The van der Waals surface area contributed by atoms with Crippen LogP contribution in [0, 0.1) is 5.41 Å². The fourth-order valence-corrected chi connectivity index (χ4v) is 3.80. The summed E-state index contributed by atoms with van der Waals surface area (Å²) in [5.41, 5.74) is 0.100. The van der Waals surface area contributed by atoms with Crippen molar-refractivity contribution in [2.45, 2.75) is 50.8 Å². The molecule has 0 unspecified atom stereocenters. The quantitative estimate of drug-likeness (QED) is 0.812. The Bertz CT molecular complexity index is 549. The standard InChI is InChI=1S/C15H25N3O2S/c1-3-10-16-14-7-6-13(11-17-14)21(19,20)18-12-15(2)8-4-5-9-15/h6-7,11,18H,3-5,8-10,12H2,1-2H3,(H,16,17). The molecule has 0 amide bonds. The zero-order valence-electron chi connectivity index (χ0n) is 12.9. The topological polar surface area (TPSA) is 71.1 Å². The molecule has 0 spiro atoms. The van der Waals surface area contributed by atoms with Crippen molar-refractivity contribution in [3.05, 3.63) is 18.3 Å². The number of sulfonamides is 1. The molecule has 1 aromatic heterocycles. The summed E-state index contributed by atoms with van der Waals surface area (Å²) in [6.45, 7) is 5.55. The molecule has 5 nitrogen and oxygen atoms in total. The summed E-state index contributed by atoms with van der Waals surface area (Å²) in [5.74, 6) is 0.707. The van der Waals surface area contributed by atoms with E-state index in [1.807, 2.05) is 0 Å². The van der Waals surface area contributed by atoms with Crippen LogP contribution in [0.5, 0.6) is 0 Å². The predicted molar refractivity (Wildman–Crippen MR) is 84.8 cm³/mol. The van der Waals surface area contributed by atoms with Gasteiger partial charge in [0.05, 0.1) is 0 Å². The van der Waals surface area contributed by atoms with Crippen LogP contribution in [-0.2, 0) is 10.0 Å². The Labute approximate surface area is 127 Å². The van der Waals surface area contributed by atoms with Gasteiger partial charge < -0.3 is 5.32 Å². The lowest BCUT2D eigenvalue weighted by Gasteiger charge is -2.23. The van der Waals surface area contributed by atoms with Gasteiger partial charge in [-0.15, -0.1) is 0 Å². The fourth-order valence-electron chi connectivity index (χ4n) is 2.65. The fraction of sp³-hybridized carbons (Fsp3) is 0.667. The average Bonchev–Trinajstić information content (AvgIpc) is 2.91. The Morgan fingerprint density at radius 2 is 2.00 bits per heavy atom. The maximum atomic E-state index is 12.3. The van der Waals surface area contributed by atoms with E-state index in [1.54, 1.807) is 12.1 Å². The first kappa shape index (κ1) is 16.2. The number of aromatic nitrogens is 1. The van der Waals surface area contributed by atoms with E-state index in [4.69, 9.17) is 0 Å². The van der Waals surface area contributed by atoms with E-state index in [-0.39, 0.29) is 10.3 Å². The van der Waals surface area contributed by atoms with Crippen LogP contribution in [0.2, 0.25) is 0 Å². The molecular formula is C15H25N3O2S. The minimum Gasteiger partial charge on any atom is -0.370 e. The summed E-state index contributed by atoms with van der Waals surface area (Å²) in [4.78, 5) is 4.38. The Morgan fingerprint density at radius 1 is 1.29 bits per heavy atom. The van der Waals surface area contributed by atoms with Gasteiger partial charge in [0.2, 0.25) is 10.0 Å². The molecule has 1 saturated carbocycles. The minimum atomic E-state index is -3.46. The van der Waals surface area contributed by atoms with Gasteiger partial charge in [-0.1, -0.05) is 26.7 Å². The maximum absolute atomic E-state index is 12.3. The summed E-state index contributed by atoms with van der Waals surface area (Å²) in [6.07, 6.45) is 6.98. The van der Waals surface area contributed by atoms with Gasteiger partial charge in [0.1, 0.15) is 10.7 Å². The minimum absolute atomic E-state index is 0.100. The van der Waals surface area contributed by atoms with E-state index < -0.39 is 10.0 Å². The number of hydrogen-bond acceptors (Lipinski definition) is 4. The lowest BCUT2D eigenvalue weighted by atomic mass is 9.89. The van der Waals surface area contributed by atoms with Crippen LogP contribution in [0.15, 0.2) is 23.2 Å². The van der Waals surface area contributed by atoms with E-state index in [0.717, 1.165) is 25.8 Å². The van der Waals surface area contributed by atoms with Crippen molar-refractivity contribution < 1.29 is 8.42 Å². The first-order valence-electron chi connectivity index (χ1n) is 7.65. The molecule has 0 atom stereocenters. The Balaban J connectivity index is 1.98. The van der Waals surface area contributed by atoms with Crippen LogP contribution in [0.1, 0.15) is 46.0 Å². The Kier molecular flexibility index (Phi) is 5.22. The molecule has 1 aromatic rings. The van der Waals surface area contributed by atoms with Crippen molar-refractivity contribution in [3.8, 4) is 0 Å². The van der Waals surface area contributed by atoms with Gasteiger partial charge in [-0.05, 0) is 36.8 Å². The van der Waals surface area contributed by atoms with E-state index in [2.05, 4.69) is 28.9 Å². The Hall–Kier alpha value is -1.14. The molecule has 1 aliphatic carbocycles. The number of hydrogen-bond donors (Lipinski definition) is 2. The van der Waals surface area contributed by atoms with Crippen molar-refractivity contribution >= 4 is 15.8 Å². The van der Waals surface area contributed by atoms with Gasteiger partial charge >= 0.3 is 0 Å². The molecule has 0 saturated heterocycles. The molecule has 1 fully saturated rings. The van der Waals surface area contributed by atoms with Gasteiger partial charge in [0, 0.05) is 19.3 Å². The first-order valence-corrected chi connectivity index (χ1v) is 9.13. The molecule has 0 aromatic carbocycles. The molecule has 21 heavy (non-hydrogen) atoms. The lowest BCUT2D eigenvalue weighted by molar-refractivity contribution is 0.336. The second kappa shape index (κ2) is 6.75. The van der Waals surface area contributed by atoms with Gasteiger partial charge in [-0.2, -0.15) is 0 Å². The molecule has 0 radical (unpaired) electrons. The highest BCUT2D eigenvalue weighted by molar-refractivity contribution is 7.89. The molecule has 1 heterocycles. The smallest absolute Gasteiger partial charge is 0.242 e. The second-order valence-electron chi connectivity index (χ2n) is 6.15. The first-order chi connectivity index (χ1) is 9.95. The van der Waals surface area contributed by atoms with Gasteiger partial charge in [-0.3, -0.25) is 0 Å². The van der Waals surface area contributed by atoms with Crippen molar-refractivity contribution in [3.63, 3.8) is 0 Å². The normalized spacial score (nSPS) is 17.8. The maximum Gasteiger partial charge on any atom is 0.242 e. The number of nitrogens with one attached hydrogen (secondary N) is 2. The third-order valence-corrected chi connectivity index (χ3v) is 5.49. The van der Waals surface area contributed by atoms with E-state index >= 15 is 0 Å². The highest BCUT2D eigenvalue weighted by Crippen LogP contribution is 2.36. The van der Waals surface area contributed by atoms with E-state index in [0.29, 0.717) is 12.4 Å². The second-order valence-corrected chi connectivity index (χ2v) is 7.92. The molecule has 0 aliphatic heterocycles. The van der Waals surface area contributed by atoms with Crippen molar-refractivity contribution in [1.29, 1.82) is 0 Å². The summed E-state index contributed by atoms with van der Waals surface area (Å²) in [6, 6.07) is 3.31. The van der Waals surface area contributed by atoms with E-state index in [9.17, 15) is 8.42 Å². The highest BCUT2D eigenvalue weighted by Gasteiger charge is 2.30. The third kappa shape index (κ3) is 4.41. The largest absolute Gasteiger partial charge is 0.370 e. The highest BCUT2D eigenvalue weighted by atomic mass is 32.2. The monoisotopic (exact) mass is 311 g/mol. The molecule has 118 valence electrons. The number of pyridine rings is 1. The van der Waals surface area contributed by atoms with Crippen LogP contribution >= 0.6 is 0 Å². The summed E-state index contributed by atoms with van der Waals surface area (Å²) >= 11 is 0. The van der Waals surface area contributed by atoms with Crippen molar-refractivity contribution in [1.82, 2.24) is 9.71 Å². The molecular weight excluding hydrogens is 286 g/mol. The molecule has 1 aliphatic rings. The van der Waals surface area contributed by atoms with Crippen LogP contribution in [0.4, 0.5) is 5.82 Å². The number of rotatable bonds is 7. The van der Waals surface area contributed by atoms with Gasteiger partial charge in [-0.25, -0.2) is 18.1 Å². The van der Waals surface area contributed by atoms with Gasteiger partial charge in [0.15, 0.2) is 0 Å². The molecule has 2 N–H and O–H groups in total. The SMILES string of the molecule is CCCNc1ccc(S(=O)(=O)NCC2(C)CCCC2)cn1. The van der Waals surface area contributed by atoms with Crippen molar-refractivity contribution in [2.75, 3.05) is 18.4 Å². The predicted octanol–water partition coefficient (Wildman–Crippen LogP) is 2.76. The van der Waals surface area contributed by atoms with Crippen molar-refractivity contribution in [2.24, 2.45) is 5.41 Å². The molecule has 6 heteroatoms. The van der Waals surface area contributed by atoms with Crippen LogP contribution in [-0.4, -0.2) is 26.5 Å². The number of nitrogens with zero attached hydrogens (tertiary/aromatic N) is 1. The zero-order valence-corrected chi connectivity index (χ0v) is 13.7. The van der Waals surface area contributed by atoms with Crippen LogP contribution < -0.4 is 10.0 Å².